The summed E-state index contributed by atoms with van der Waals surface area (Å²) in [6.07, 6.45) is 1.62. The molecule has 0 aliphatic carbocycles. The molecule has 106 valence electrons. The molecule has 1 aromatic carbocycles. The zero-order chi connectivity index (χ0) is 14.8. The van der Waals surface area contributed by atoms with Gasteiger partial charge in [-0.05, 0) is 12.1 Å². The molecule has 21 heavy (non-hydrogen) atoms. The number of carbonyl (C=O) groups is 2. The average molecular weight is 300 g/mol. The number of aromatic nitrogens is 2. The lowest BCUT2D eigenvalue weighted by molar-refractivity contribution is -0.116. The molecule has 2 heterocycles. The molecule has 2 amide bonds. The number of benzene rings is 1. The van der Waals surface area contributed by atoms with Crippen LogP contribution in [0.25, 0.3) is 11.0 Å². The molecule has 2 aromatic heterocycles. The topological polar surface area (TPSA) is 90.0 Å². The van der Waals surface area contributed by atoms with Crippen molar-refractivity contribution in [3.63, 3.8) is 0 Å². The number of nitrogens with two attached hydrogens (primary N) is 1. The van der Waals surface area contributed by atoms with Crippen LogP contribution < -0.4 is 11.1 Å². The van der Waals surface area contributed by atoms with E-state index in [1.807, 2.05) is 24.3 Å². The summed E-state index contributed by atoms with van der Waals surface area (Å²) in [7, 11) is 0. The number of thiophene rings is 1. The Balaban J connectivity index is 1.78. The first-order valence-electron chi connectivity index (χ1n) is 6.21. The largest absolute Gasteiger partial charge is 0.366 e. The van der Waals surface area contributed by atoms with Gasteiger partial charge in [0.25, 0.3) is 5.91 Å². The van der Waals surface area contributed by atoms with E-state index in [9.17, 15) is 9.59 Å². The van der Waals surface area contributed by atoms with Gasteiger partial charge in [0, 0.05) is 10.8 Å². The molecule has 3 rings (SSSR count). The van der Waals surface area contributed by atoms with E-state index in [0.717, 1.165) is 11.0 Å². The second-order valence-corrected chi connectivity index (χ2v) is 5.22. The minimum Gasteiger partial charge on any atom is -0.366 e. The number of amides is 2. The molecule has 7 heteroatoms. The third-order valence-corrected chi connectivity index (χ3v) is 3.79. The number of fused-ring (bicyclic) bond motifs is 1. The van der Waals surface area contributed by atoms with Crippen molar-refractivity contribution in [2.75, 3.05) is 5.32 Å². The van der Waals surface area contributed by atoms with Crippen molar-refractivity contribution < 1.29 is 9.59 Å². The highest BCUT2D eigenvalue weighted by Gasteiger charge is 2.13. The fourth-order valence-corrected chi connectivity index (χ4v) is 2.83. The predicted octanol–water partition coefficient (Wildman–Crippen LogP) is 1.84. The maximum absolute atomic E-state index is 12.1. The molecule has 0 saturated carbocycles. The molecule has 0 fully saturated rings. The van der Waals surface area contributed by atoms with Crippen LogP contribution in [0.4, 0.5) is 5.69 Å². The van der Waals surface area contributed by atoms with Crippen LogP contribution in [0.15, 0.2) is 41.4 Å². The standard InChI is InChI=1S/C14H12N4O2S/c15-14(20)9-6-21-7-11(9)17-13(19)5-18-8-16-10-3-1-2-4-12(10)18/h1-4,6-8H,5H2,(H2,15,20)(H,17,19). The molecule has 6 nitrogen and oxygen atoms in total. The zero-order valence-corrected chi connectivity index (χ0v) is 11.8. The van der Waals surface area contributed by atoms with Gasteiger partial charge in [-0.15, -0.1) is 11.3 Å². The molecule has 0 unspecified atom stereocenters. The Labute approximate surface area is 124 Å². The van der Waals surface area contributed by atoms with Crippen molar-refractivity contribution in [2.24, 2.45) is 5.73 Å². The summed E-state index contributed by atoms with van der Waals surface area (Å²) >= 11 is 1.31. The summed E-state index contributed by atoms with van der Waals surface area (Å²) < 4.78 is 1.75. The van der Waals surface area contributed by atoms with Gasteiger partial charge in [0.2, 0.25) is 5.91 Å². The van der Waals surface area contributed by atoms with E-state index in [4.69, 9.17) is 5.73 Å². The van der Waals surface area contributed by atoms with E-state index in [2.05, 4.69) is 10.3 Å². The van der Waals surface area contributed by atoms with Crippen molar-refractivity contribution >= 4 is 39.9 Å². The van der Waals surface area contributed by atoms with Gasteiger partial charge in [0.05, 0.1) is 28.6 Å². The normalized spacial score (nSPS) is 10.7. The lowest BCUT2D eigenvalue weighted by Crippen LogP contribution is -2.20. The number of imidazole rings is 1. The summed E-state index contributed by atoms with van der Waals surface area (Å²) in [5.74, 6) is -0.793. The van der Waals surface area contributed by atoms with Crippen molar-refractivity contribution in [3.05, 3.63) is 46.9 Å². The second kappa shape index (κ2) is 5.37. The molecule has 0 bridgehead atoms. The summed E-state index contributed by atoms with van der Waals surface area (Å²) in [4.78, 5) is 27.5. The van der Waals surface area contributed by atoms with Crippen molar-refractivity contribution in [2.45, 2.75) is 6.54 Å². The molecule has 0 aliphatic heterocycles. The lowest BCUT2D eigenvalue weighted by Gasteiger charge is -2.06. The van der Waals surface area contributed by atoms with Crippen LogP contribution in [0.5, 0.6) is 0 Å². The Bertz CT molecular complexity index is 821. The van der Waals surface area contributed by atoms with Gasteiger partial charge >= 0.3 is 0 Å². The first-order chi connectivity index (χ1) is 10.1. The molecule has 0 aliphatic rings. The van der Waals surface area contributed by atoms with Crippen molar-refractivity contribution in [1.82, 2.24) is 9.55 Å². The third kappa shape index (κ3) is 2.63. The number of hydrogen-bond acceptors (Lipinski definition) is 4. The van der Waals surface area contributed by atoms with E-state index >= 15 is 0 Å². The van der Waals surface area contributed by atoms with E-state index < -0.39 is 5.91 Å². The Morgan fingerprint density at radius 1 is 1.29 bits per heavy atom. The molecule has 0 spiro atoms. The highest BCUT2D eigenvalue weighted by molar-refractivity contribution is 7.08. The third-order valence-electron chi connectivity index (χ3n) is 3.04. The second-order valence-electron chi connectivity index (χ2n) is 4.47. The van der Waals surface area contributed by atoms with E-state index in [-0.39, 0.29) is 12.5 Å². The summed E-state index contributed by atoms with van der Waals surface area (Å²) in [5, 5.41) is 6.00. The minimum absolute atomic E-state index is 0.120. The highest BCUT2D eigenvalue weighted by atomic mass is 32.1. The molecule has 0 radical (unpaired) electrons. The van der Waals surface area contributed by atoms with Gasteiger partial charge in [-0.1, -0.05) is 12.1 Å². The molecule has 3 aromatic rings. The zero-order valence-electron chi connectivity index (χ0n) is 10.9. The molecular formula is C14H12N4O2S. The summed E-state index contributed by atoms with van der Waals surface area (Å²) in [6, 6.07) is 7.57. The van der Waals surface area contributed by atoms with Crippen LogP contribution in [-0.4, -0.2) is 21.4 Å². The highest BCUT2D eigenvalue weighted by Crippen LogP contribution is 2.20. The van der Waals surface area contributed by atoms with Crippen LogP contribution in [0.1, 0.15) is 10.4 Å². The Morgan fingerprint density at radius 2 is 2.10 bits per heavy atom. The van der Waals surface area contributed by atoms with Gasteiger partial charge < -0.3 is 15.6 Å². The Hall–Kier alpha value is -2.67. The molecular weight excluding hydrogens is 288 g/mol. The fraction of sp³-hybridized carbons (Fsp3) is 0.0714. The Morgan fingerprint density at radius 3 is 2.90 bits per heavy atom. The first kappa shape index (κ1) is 13.3. The number of rotatable bonds is 4. The molecule has 0 saturated heterocycles. The Kier molecular flexibility index (Phi) is 3.41. The van der Waals surface area contributed by atoms with Gasteiger partial charge in [0.1, 0.15) is 6.54 Å². The van der Waals surface area contributed by atoms with Crippen molar-refractivity contribution in [1.29, 1.82) is 0 Å². The quantitative estimate of drug-likeness (QED) is 0.770. The van der Waals surface area contributed by atoms with Crippen LogP contribution >= 0.6 is 11.3 Å². The van der Waals surface area contributed by atoms with Gasteiger partial charge in [-0.3, -0.25) is 9.59 Å². The van der Waals surface area contributed by atoms with E-state index in [0.29, 0.717) is 11.3 Å². The maximum Gasteiger partial charge on any atom is 0.251 e. The monoisotopic (exact) mass is 300 g/mol. The fourth-order valence-electron chi connectivity index (χ4n) is 2.07. The van der Waals surface area contributed by atoms with Gasteiger partial charge in [0.15, 0.2) is 0 Å². The molecule has 0 atom stereocenters. The van der Waals surface area contributed by atoms with Gasteiger partial charge in [-0.25, -0.2) is 4.98 Å². The molecule has 3 N–H and O–H groups in total. The van der Waals surface area contributed by atoms with E-state index in [1.54, 1.807) is 21.7 Å². The van der Waals surface area contributed by atoms with Crippen LogP contribution in [0.2, 0.25) is 0 Å². The lowest BCUT2D eigenvalue weighted by atomic mass is 10.3. The number of nitrogens with zero attached hydrogens (tertiary/aromatic N) is 2. The number of anilines is 1. The van der Waals surface area contributed by atoms with Gasteiger partial charge in [-0.2, -0.15) is 0 Å². The number of hydrogen-bond donors (Lipinski definition) is 2. The summed E-state index contributed by atoms with van der Waals surface area (Å²) in [6.45, 7) is 0.120. The smallest absolute Gasteiger partial charge is 0.251 e. The van der Waals surface area contributed by atoms with Crippen LogP contribution in [0, 0.1) is 0 Å². The van der Waals surface area contributed by atoms with Crippen LogP contribution in [-0.2, 0) is 11.3 Å². The van der Waals surface area contributed by atoms with Crippen LogP contribution in [0.3, 0.4) is 0 Å². The minimum atomic E-state index is -0.556. The van der Waals surface area contributed by atoms with E-state index in [1.165, 1.54) is 11.3 Å². The number of para-hydroxylation sites is 2. The average Bonchev–Trinajstić information content (AvgIpc) is 3.06. The number of nitrogens with one attached hydrogen (secondary N) is 1. The maximum atomic E-state index is 12.1. The predicted molar refractivity (Wildman–Crippen MR) is 81.2 cm³/mol. The summed E-state index contributed by atoms with van der Waals surface area (Å²) in [5.41, 5.74) is 7.73. The SMILES string of the molecule is NC(=O)c1cscc1NC(=O)Cn1cnc2ccccc21. The number of primary amides is 1. The number of carbonyl (C=O) groups excluding carboxylic acids is 2. The first-order valence-corrected chi connectivity index (χ1v) is 7.15. The van der Waals surface area contributed by atoms with Crippen molar-refractivity contribution in [3.8, 4) is 0 Å².